The number of ether oxygens (including phenoxy) is 1. The van der Waals surface area contributed by atoms with Crippen LogP contribution in [0.25, 0.3) is 0 Å². The average Bonchev–Trinajstić information content (AvgIpc) is 2.34. The van der Waals surface area contributed by atoms with Crippen LogP contribution in [0.3, 0.4) is 0 Å². The Bertz CT molecular complexity index is 356. The predicted octanol–water partition coefficient (Wildman–Crippen LogP) is 2.46. The molecule has 1 aromatic carbocycles. The number of carbonyl (C=O) groups excluding carboxylic acids is 1. The molecule has 94 valence electrons. The van der Waals surface area contributed by atoms with E-state index in [2.05, 4.69) is 0 Å². The van der Waals surface area contributed by atoms with E-state index in [1.807, 2.05) is 18.4 Å². The fourth-order valence-corrected chi connectivity index (χ4v) is 1.82. The monoisotopic (exact) mass is 273 g/mol. The fourth-order valence-electron chi connectivity index (χ4n) is 1.20. The van der Waals surface area contributed by atoms with Crippen LogP contribution in [-0.2, 0) is 16.1 Å². The largest absolute Gasteiger partial charge is 0.460 e. The Morgan fingerprint density at radius 2 is 2.12 bits per heavy atom. The summed E-state index contributed by atoms with van der Waals surface area (Å²) in [5, 5.41) is 0.664. The Balaban J connectivity index is 2.34. The Morgan fingerprint density at radius 3 is 2.71 bits per heavy atom. The maximum Gasteiger partial charge on any atom is 0.323 e. The number of hydrogen-bond acceptors (Lipinski definition) is 4. The summed E-state index contributed by atoms with van der Waals surface area (Å²) in [6.45, 7) is 0.239. The van der Waals surface area contributed by atoms with Gasteiger partial charge in [0.2, 0.25) is 0 Å². The molecule has 2 N–H and O–H groups in total. The molecule has 0 aliphatic rings. The fraction of sp³-hybridized carbons (Fsp3) is 0.417. The number of nitrogens with two attached hydrogens (primary N) is 1. The van der Waals surface area contributed by atoms with Crippen molar-refractivity contribution < 1.29 is 9.53 Å². The third-order valence-corrected chi connectivity index (χ3v) is 3.13. The van der Waals surface area contributed by atoms with E-state index in [1.165, 1.54) is 0 Å². The van der Waals surface area contributed by atoms with Crippen molar-refractivity contribution in [3.05, 3.63) is 34.9 Å². The van der Waals surface area contributed by atoms with Crippen LogP contribution in [0, 0.1) is 0 Å². The molecule has 0 bridgehead atoms. The molecule has 1 atom stereocenters. The Kier molecular flexibility index (Phi) is 6.40. The van der Waals surface area contributed by atoms with Crippen LogP contribution >= 0.6 is 23.4 Å². The zero-order chi connectivity index (χ0) is 12.7. The Morgan fingerprint density at radius 1 is 1.47 bits per heavy atom. The quantitative estimate of drug-likeness (QED) is 0.809. The topological polar surface area (TPSA) is 52.3 Å². The summed E-state index contributed by atoms with van der Waals surface area (Å²) >= 11 is 7.41. The van der Waals surface area contributed by atoms with Gasteiger partial charge in [-0.25, -0.2) is 0 Å². The summed E-state index contributed by atoms with van der Waals surface area (Å²) in [5.41, 5.74) is 6.59. The summed E-state index contributed by atoms with van der Waals surface area (Å²) in [4.78, 5) is 11.5. The standard InChI is InChI=1S/C12H16ClNO2S/c1-17-7-6-11(14)12(15)16-8-9-2-4-10(13)5-3-9/h2-5,11H,6-8,14H2,1H3/t11-/m0/s1. The van der Waals surface area contributed by atoms with Crippen molar-refractivity contribution in [2.75, 3.05) is 12.0 Å². The molecule has 0 saturated carbocycles. The Labute approximate surface area is 111 Å². The van der Waals surface area contributed by atoms with Crippen LogP contribution in [0.1, 0.15) is 12.0 Å². The van der Waals surface area contributed by atoms with E-state index in [1.54, 1.807) is 23.9 Å². The highest BCUT2D eigenvalue weighted by Gasteiger charge is 2.14. The van der Waals surface area contributed by atoms with E-state index in [0.717, 1.165) is 11.3 Å². The molecule has 0 spiro atoms. The molecule has 0 aliphatic heterocycles. The van der Waals surface area contributed by atoms with Gasteiger partial charge < -0.3 is 10.5 Å². The first-order chi connectivity index (χ1) is 8.13. The molecule has 0 aliphatic carbocycles. The minimum absolute atomic E-state index is 0.239. The second kappa shape index (κ2) is 7.58. The van der Waals surface area contributed by atoms with E-state index >= 15 is 0 Å². The maximum absolute atomic E-state index is 11.5. The molecule has 5 heteroatoms. The van der Waals surface area contributed by atoms with Crippen molar-refractivity contribution in [1.29, 1.82) is 0 Å². The van der Waals surface area contributed by atoms with Gasteiger partial charge in [0.15, 0.2) is 0 Å². The second-order valence-corrected chi connectivity index (χ2v) is 5.04. The summed E-state index contributed by atoms with van der Waals surface area (Å²) in [5.74, 6) is 0.506. The molecule has 0 aromatic heterocycles. The molecule has 0 unspecified atom stereocenters. The number of thioether (sulfide) groups is 1. The molecule has 1 rings (SSSR count). The lowest BCUT2D eigenvalue weighted by atomic mass is 10.2. The molecule has 0 heterocycles. The van der Waals surface area contributed by atoms with Crippen molar-refractivity contribution in [1.82, 2.24) is 0 Å². The molecular weight excluding hydrogens is 258 g/mol. The number of esters is 1. The minimum Gasteiger partial charge on any atom is -0.460 e. The van der Waals surface area contributed by atoms with E-state index < -0.39 is 6.04 Å². The number of hydrogen-bond donors (Lipinski definition) is 1. The van der Waals surface area contributed by atoms with Crippen molar-refractivity contribution in [3.63, 3.8) is 0 Å². The van der Waals surface area contributed by atoms with Gasteiger partial charge in [-0.1, -0.05) is 23.7 Å². The van der Waals surface area contributed by atoms with E-state index in [-0.39, 0.29) is 12.6 Å². The van der Waals surface area contributed by atoms with E-state index in [4.69, 9.17) is 22.1 Å². The van der Waals surface area contributed by atoms with Crippen molar-refractivity contribution in [2.45, 2.75) is 19.1 Å². The highest BCUT2D eigenvalue weighted by molar-refractivity contribution is 7.98. The highest BCUT2D eigenvalue weighted by atomic mass is 35.5. The molecule has 1 aromatic rings. The predicted molar refractivity (Wildman–Crippen MR) is 72.2 cm³/mol. The molecule has 0 saturated heterocycles. The van der Waals surface area contributed by atoms with Gasteiger partial charge in [-0.15, -0.1) is 0 Å². The Hall–Kier alpha value is -0.710. The summed E-state index contributed by atoms with van der Waals surface area (Å²) in [6, 6.07) is 6.64. The maximum atomic E-state index is 11.5. The first-order valence-electron chi connectivity index (χ1n) is 5.29. The van der Waals surface area contributed by atoms with Crippen LogP contribution in [0.2, 0.25) is 5.02 Å². The SMILES string of the molecule is CSCC[C@H](N)C(=O)OCc1ccc(Cl)cc1. The first kappa shape index (κ1) is 14.4. The van der Waals surface area contributed by atoms with Crippen molar-refractivity contribution in [2.24, 2.45) is 5.73 Å². The summed E-state index contributed by atoms with van der Waals surface area (Å²) in [6.07, 6.45) is 2.62. The lowest BCUT2D eigenvalue weighted by Crippen LogP contribution is -2.32. The van der Waals surface area contributed by atoms with Crippen LogP contribution in [0.4, 0.5) is 0 Å². The molecular formula is C12H16ClNO2S. The van der Waals surface area contributed by atoms with E-state index in [9.17, 15) is 4.79 Å². The van der Waals surface area contributed by atoms with Gasteiger partial charge in [0.1, 0.15) is 12.6 Å². The molecule has 0 fully saturated rings. The van der Waals surface area contributed by atoms with Gasteiger partial charge in [0, 0.05) is 5.02 Å². The van der Waals surface area contributed by atoms with Gasteiger partial charge in [0.25, 0.3) is 0 Å². The van der Waals surface area contributed by atoms with E-state index in [0.29, 0.717) is 11.4 Å². The van der Waals surface area contributed by atoms with Crippen LogP contribution in [0.15, 0.2) is 24.3 Å². The average molecular weight is 274 g/mol. The molecule has 0 radical (unpaired) electrons. The van der Waals surface area contributed by atoms with Gasteiger partial charge in [0.05, 0.1) is 0 Å². The molecule has 3 nitrogen and oxygen atoms in total. The van der Waals surface area contributed by atoms with Gasteiger partial charge in [-0.05, 0) is 36.1 Å². The second-order valence-electron chi connectivity index (χ2n) is 3.62. The number of benzene rings is 1. The van der Waals surface area contributed by atoms with Crippen LogP contribution < -0.4 is 5.73 Å². The third kappa shape index (κ3) is 5.44. The first-order valence-corrected chi connectivity index (χ1v) is 7.06. The highest BCUT2D eigenvalue weighted by Crippen LogP contribution is 2.10. The number of halogens is 1. The van der Waals surface area contributed by atoms with Crippen LogP contribution in [0.5, 0.6) is 0 Å². The van der Waals surface area contributed by atoms with Crippen LogP contribution in [-0.4, -0.2) is 24.0 Å². The normalized spacial score (nSPS) is 12.2. The minimum atomic E-state index is -0.533. The van der Waals surface area contributed by atoms with Gasteiger partial charge in [-0.3, -0.25) is 4.79 Å². The smallest absolute Gasteiger partial charge is 0.323 e. The van der Waals surface area contributed by atoms with Gasteiger partial charge in [-0.2, -0.15) is 11.8 Å². The zero-order valence-corrected chi connectivity index (χ0v) is 11.3. The number of rotatable bonds is 6. The summed E-state index contributed by atoms with van der Waals surface area (Å²) in [7, 11) is 0. The third-order valence-electron chi connectivity index (χ3n) is 2.23. The number of carbonyl (C=O) groups is 1. The molecule has 17 heavy (non-hydrogen) atoms. The zero-order valence-electron chi connectivity index (χ0n) is 9.69. The van der Waals surface area contributed by atoms with Crippen molar-refractivity contribution >= 4 is 29.3 Å². The lowest BCUT2D eigenvalue weighted by molar-refractivity contribution is -0.146. The molecule has 0 amide bonds. The lowest BCUT2D eigenvalue weighted by Gasteiger charge is -2.10. The summed E-state index contributed by atoms with van der Waals surface area (Å²) < 4.78 is 5.11. The van der Waals surface area contributed by atoms with Crippen molar-refractivity contribution in [3.8, 4) is 0 Å². The van der Waals surface area contributed by atoms with Gasteiger partial charge >= 0.3 is 5.97 Å².